The van der Waals surface area contributed by atoms with Crippen LogP contribution in [0.2, 0.25) is 10.0 Å². The van der Waals surface area contributed by atoms with Crippen LogP contribution in [0, 0.1) is 0 Å². The van der Waals surface area contributed by atoms with Crippen molar-refractivity contribution in [2.24, 2.45) is 0 Å². The van der Waals surface area contributed by atoms with Crippen molar-refractivity contribution in [2.75, 3.05) is 13.7 Å². The Kier molecular flexibility index (Phi) is 6.91. The average molecular weight is 468 g/mol. The summed E-state index contributed by atoms with van der Waals surface area (Å²) < 4.78 is 10.5. The summed E-state index contributed by atoms with van der Waals surface area (Å²) in [6.07, 6.45) is 1.46. The van der Waals surface area contributed by atoms with Crippen LogP contribution in [0.25, 0.3) is 6.08 Å². The van der Waals surface area contributed by atoms with E-state index < -0.39 is 23.7 Å². The predicted molar refractivity (Wildman–Crippen MR) is 114 cm³/mol. The van der Waals surface area contributed by atoms with Crippen molar-refractivity contribution < 1.29 is 29.0 Å². The van der Waals surface area contributed by atoms with Crippen LogP contribution < -0.4 is 9.47 Å². The molecule has 1 aliphatic heterocycles. The van der Waals surface area contributed by atoms with Gasteiger partial charge in [-0.1, -0.05) is 41.4 Å². The molecule has 1 saturated heterocycles. The van der Waals surface area contributed by atoms with E-state index in [2.05, 4.69) is 0 Å². The number of carboxylic acids is 1. The lowest BCUT2D eigenvalue weighted by molar-refractivity contribution is -0.139. The molecule has 1 heterocycles. The van der Waals surface area contributed by atoms with Gasteiger partial charge in [-0.2, -0.15) is 0 Å². The minimum absolute atomic E-state index is 0.0685. The Morgan fingerprint density at radius 2 is 1.83 bits per heavy atom. The highest BCUT2D eigenvalue weighted by Crippen LogP contribution is 2.38. The molecule has 0 unspecified atom stereocenters. The number of nitrogens with zero attached hydrogens (tertiary/aromatic N) is 1. The van der Waals surface area contributed by atoms with Crippen LogP contribution in [0.1, 0.15) is 11.1 Å². The molecule has 2 amide bonds. The lowest BCUT2D eigenvalue weighted by Gasteiger charge is -2.15. The van der Waals surface area contributed by atoms with Crippen LogP contribution in [0.3, 0.4) is 0 Å². The number of carbonyl (C=O) groups excluding carboxylic acids is 2. The van der Waals surface area contributed by atoms with Crippen LogP contribution in [-0.2, 0) is 16.1 Å². The summed E-state index contributed by atoms with van der Waals surface area (Å²) in [5, 5.41) is 9.12. The molecule has 3 rings (SSSR count). The van der Waals surface area contributed by atoms with Crippen LogP contribution in [0.4, 0.5) is 4.79 Å². The number of amides is 2. The number of methoxy groups -OCH3 is 1. The summed E-state index contributed by atoms with van der Waals surface area (Å²) in [5.74, 6) is -1.23. The third-order valence-corrected chi connectivity index (χ3v) is 5.72. The maximum atomic E-state index is 12.8. The third-order valence-electron chi connectivity index (χ3n) is 4.11. The van der Waals surface area contributed by atoms with Gasteiger partial charge in [-0.05, 0) is 36.0 Å². The fourth-order valence-electron chi connectivity index (χ4n) is 2.71. The fraction of sp³-hybridized carbons (Fsp3) is 0.150. The number of hydrogen-bond acceptors (Lipinski definition) is 6. The number of para-hydroxylation sites is 1. The van der Waals surface area contributed by atoms with E-state index >= 15 is 0 Å². The Bertz CT molecular complexity index is 1040. The first-order valence-corrected chi connectivity index (χ1v) is 10.1. The maximum Gasteiger partial charge on any atom is 0.341 e. The predicted octanol–water partition coefficient (Wildman–Crippen LogP) is 4.70. The fourth-order valence-corrected chi connectivity index (χ4v) is 4.06. The van der Waals surface area contributed by atoms with E-state index in [1.807, 2.05) is 0 Å². The molecule has 2 aromatic carbocycles. The molecule has 0 spiro atoms. The molecule has 0 aliphatic carbocycles. The second kappa shape index (κ2) is 9.42. The van der Waals surface area contributed by atoms with E-state index in [1.165, 1.54) is 13.2 Å². The summed E-state index contributed by atoms with van der Waals surface area (Å²) >= 11 is 13.1. The highest BCUT2D eigenvalue weighted by Gasteiger charge is 2.36. The van der Waals surface area contributed by atoms with Crippen LogP contribution in [0.5, 0.6) is 11.5 Å². The van der Waals surface area contributed by atoms with Gasteiger partial charge in [-0.3, -0.25) is 14.5 Å². The molecule has 30 heavy (non-hydrogen) atoms. The van der Waals surface area contributed by atoms with E-state index in [9.17, 15) is 14.4 Å². The Labute approximate surface area is 186 Å². The number of halogens is 2. The van der Waals surface area contributed by atoms with Gasteiger partial charge in [0.05, 0.1) is 18.6 Å². The molecule has 7 nitrogen and oxygen atoms in total. The molecule has 1 fully saturated rings. The lowest BCUT2D eigenvalue weighted by Crippen LogP contribution is -2.27. The molecular weight excluding hydrogens is 453 g/mol. The number of imide groups is 1. The van der Waals surface area contributed by atoms with Crippen molar-refractivity contribution in [2.45, 2.75) is 6.54 Å². The van der Waals surface area contributed by atoms with E-state index in [-0.39, 0.29) is 17.2 Å². The number of thioether (sulfide) groups is 1. The van der Waals surface area contributed by atoms with E-state index in [1.54, 1.807) is 36.4 Å². The van der Waals surface area contributed by atoms with Crippen molar-refractivity contribution in [3.8, 4) is 11.5 Å². The zero-order chi connectivity index (χ0) is 21.8. The largest absolute Gasteiger partial charge is 0.493 e. The Hall–Kier alpha value is -2.68. The van der Waals surface area contributed by atoms with Gasteiger partial charge in [0.15, 0.2) is 18.1 Å². The minimum atomic E-state index is -1.16. The number of carbonyl (C=O) groups is 3. The lowest BCUT2D eigenvalue weighted by atomic mass is 10.1. The summed E-state index contributed by atoms with van der Waals surface area (Å²) in [5.41, 5.74) is 0.869. The monoisotopic (exact) mass is 467 g/mol. The standard InChI is InChI=1S/C20H15Cl2NO6S/c1-28-15-7-2-4-11(18(15)29-10-17(24)25)8-16-19(26)23(20(27)30-16)9-12-13(21)5-3-6-14(12)22/h2-8H,9-10H2,1H3,(H,24,25)/b16-8-. The topological polar surface area (TPSA) is 93.1 Å². The van der Waals surface area contributed by atoms with Gasteiger partial charge in [-0.25, -0.2) is 4.79 Å². The first-order valence-electron chi connectivity index (χ1n) is 8.51. The molecule has 156 valence electrons. The van der Waals surface area contributed by atoms with Crippen LogP contribution in [-0.4, -0.2) is 40.8 Å². The van der Waals surface area contributed by atoms with E-state index in [0.29, 0.717) is 26.9 Å². The van der Waals surface area contributed by atoms with Crippen LogP contribution in [0.15, 0.2) is 41.3 Å². The van der Waals surface area contributed by atoms with Gasteiger partial charge in [0.25, 0.3) is 11.1 Å². The maximum absolute atomic E-state index is 12.8. The Balaban J connectivity index is 1.91. The SMILES string of the molecule is COc1cccc(/C=C2\SC(=O)N(Cc3c(Cl)cccc3Cl)C2=O)c1OCC(=O)O. The van der Waals surface area contributed by atoms with Gasteiger partial charge >= 0.3 is 5.97 Å². The summed E-state index contributed by atoms with van der Waals surface area (Å²) in [6, 6.07) is 9.80. The highest BCUT2D eigenvalue weighted by molar-refractivity contribution is 8.18. The second-order valence-corrected chi connectivity index (χ2v) is 7.84. The number of benzene rings is 2. The molecule has 2 aromatic rings. The molecule has 0 radical (unpaired) electrons. The molecule has 1 N–H and O–H groups in total. The summed E-state index contributed by atoms with van der Waals surface area (Å²) in [4.78, 5) is 37.4. The molecule has 0 aromatic heterocycles. The molecule has 0 atom stereocenters. The zero-order valence-electron chi connectivity index (χ0n) is 15.6. The summed E-state index contributed by atoms with van der Waals surface area (Å²) in [7, 11) is 1.41. The number of hydrogen-bond donors (Lipinski definition) is 1. The molecular formula is C20H15Cl2NO6S. The quantitative estimate of drug-likeness (QED) is 0.589. The molecule has 0 saturated carbocycles. The second-order valence-electron chi connectivity index (χ2n) is 6.03. The van der Waals surface area contributed by atoms with Gasteiger partial charge < -0.3 is 14.6 Å². The van der Waals surface area contributed by atoms with Crippen molar-refractivity contribution in [1.82, 2.24) is 4.90 Å². The smallest absolute Gasteiger partial charge is 0.341 e. The van der Waals surface area contributed by atoms with E-state index in [4.69, 9.17) is 37.8 Å². The molecule has 0 bridgehead atoms. The van der Waals surface area contributed by atoms with E-state index in [0.717, 1.165) is 16.7 Å². The average Bonchev–Trinajstić information content (AvgIpc) is 2.96. The van der Waals surface area contributed by atoms with Crippen molar-refractivity contribution >= 4 is 58.2 Å². The normalized spacial score (nSPS) is 15.0. The minimum Gasteiger partial charge on any atom is -0.493 e. The third kappa shape index (κ3) is 4.72. The van der Waals surface area contributed by atoms with Gasteiger partial charge in [-0.15, -0.1) is 0 Å². The Morgan fingerprint density at radius 1 is 1.17 bits per heavy atom. The first-order chi connectivity index (χ1) is 14.3. The number of aliphatic carboxylic acids is 1. The number of carboxylic acid groups (broad SMARTS) is 1. The van der Waals surface area contributed by atoms with Crippen molar-refractivity contribution in [3.63, 3.8) is 0 Å². The van der Waals surface area contributed by atoms with Crippen molar-refractivity contribution in [3.05, 3.63) is 62.5 Å². The van der Waals surface area contributed by atoms with Gasteiger partial charge in [0, 0.05) is 21.2 Å². The molecule has 10 heteroatoms. The zero-order valence-corrected chi connectivity index (χ0v) is 17.9. The van der Waals surface area contributed by atoms with Gasteiger partial charge in [0.1, 0.15) is 0 Å². The Morgan fingerprint density at radius 3 is 2.47 bits per heavy atom. The number of ether oxygens (including phenoxy) is 2. The number of rotatable bonds is 7. The highest BCUT2D eigenvalue weighted by atomic mass is 35.5. The molecule has 1 aliphatic rings. The summed E-state index contributed by atoms with van der Waals surface area (Å²) in [6.45, 7) is -0.658. The van der Waals surface area contributed by atoms with Crippen molar-refractivity contribution in [1.29, 1.82) is 0 Å². The first kappa shape index (κ1) is 22.0. The van der Waals surface area contributed by atoms with Gasteiger partial charge in [0.2, 0.25) is 0 Å². The van der Waals surface area contributed by atoms with Crippen LogP contribution >= 0.6 is 35.0 Å².